The molecule has 5 nitrogen and oxygen atoms in total. The van der Waals surface area contributed by atoms with Crippen LogP contribution < -0.4 is 0 Å². The highest BCUT2D eigenvalue weighted by Gasteiger charge is 2.35. The second kappa shape index (κ2) is 6.88. The van der Waals surface area contributed by atoms with Crippen molar-refractivity contribution in [3.8, 4) is 11.5 Å². The van der Waals surface area contributed by atoms with E-state index in [9.17, 15) is 20.3 Å². The van der Waals surface area contributed by atoms with E-state index in [-0.39, 0.29) is 17.2 Å². The van der Waals surface area contributed by atoms with Crippen LogP contribution in [0.3, 0.4) is 0 Å². The fraction of sp³-hybridized carbons (Fsp3) is 0.143. The lowest BCUT2D eigenvalue weighted by molar-refractivity contribution is -0.384. The Morgan fingerprint density at radius 3 is 1.42 bits per heavy atom. The minimum atomic E-state index is -0.559. The smallest absolute Gasteiger partial charge is 0.269 e. The number of phenols is 2. The molecule has 5 heteroatoms. The minimum Gasteiger partial charge on any atom is -0.508 e. The van der Waals surface area contributed by atoms with Crippen LogP contribution in [0.1, 0.15) is 30.0 Å². The quantitative estimate of drug-likeness (QED) is 0.395. The van der Waals surface area contributed by atoms with Gasteiger partial charge in [0, 0.05) is 17.5 Å². The van der Waals surface area contributed by atoms with Crippen molar-refractivity contribution in [2.24, 2.45) is 0 Å². The Kier molecular flexibility index (Phi) is 4.63. The van der Waals surface area contributed by atoms with Gasteiger partial charge in [-0.1, -0.05) is 43.3 Å². The molecule has 0 aliphatic heterocycles. The molecule has 26 heavy (non-hydrogen) atoms. The summed E-state index contributed by atoms with van der Waals surface area (Å²) in [5.41, 5.74) is 2.29. The van der Waals surface area contributed by atoms with E-state index in [0.717, 1.165) is 16.7 Å². The van der Waals surface area contributed by atoms with E-state index in [2.05, 4.69) is 0 Å². The zero-order valence-electron chi connectivity index (χ0n) is 14.3. The fourth-order valence-electron chi connectivity index (χ4n) is 3.47. The van der Waals surface area contributed by atoms with E-state index >= 15 is 0 Å². The zero-order chi connectivity index (χ0) is 18.7. The van der Waals surface area contributed by atoms with E-state index in [1.54, 1.807) is 36.4 Å². The van der Waals surface area contributed by atoms with E-state index in [1.807, 2.05) is 31.2 Å². The molecule has 0 spiro atoms. The van der Waals surface area contributed by atoms with Crippen molar-refractivity contribution in [3.05, 3.63) is 99.6 Å². The van der Waals surface area contributed by atoms with Crippen LogP contribution in [0.5, 0.6) is 11.5 Å². The van der Waals surface area contributed by atoms with Crippen molar-refractivity contribution in [1.29, 1.82) is 0 Å². The Morgan fingerprint density at radius 2 is 1.12 bits per heavy atom. The maximum Gasteiger partial charge on any atom is 0.269 e. The standard InChI is InChI=1S/C21H19NO4/c1-2-21(16-5-11-19(23)12-6-16,17-7-13-20(24)14-8-17)15-3-9-18(10-4-15)22(25)26/h3-14,23-24H,2H2,1H3. The third-order valence-electron chi connectivity index (χ3n) is 4.82. The van der Waals surface area contributed by atoms with Gasteiger partial charge in [-0.25, -0.2) is 0 Å². The second-order valence-corrected chi connectivity index (χ2v) is 6.16. The largest absolute Gasteiger partial charge is 0.508 e. The Hall–Kier alpha value is -3.34. The van der Waals surface area contributed by atoms with Gasteiger partial charge in [0.05, 0.1) is 4.92 Å². The van der Waals surface area contributed by atoms with Crippen LogP contribution in [0.25, 0.3) is 0 Å². The van der Waals surface area contributed by atoms with Gasteiger partial charge in [-0.3, -0.25) is 10.1 Å². The first kappa shape index (κ1) is 17.5. The van der Waals surface area contributed by atoms with Crippen molar-refractivity contribution in [2.75, 3.05) is 0 Å². The van der Waals surface area contributed by atoms with E-state index < -0.39 is 10.3 Å². The molecule has 0 radical (unpaired) electrons. The summed E-state index contributed by atoms with van der Waals surface area (Å²) in [5, 5.41) is 30.3. The SMILES string of the molecule is CCC(c1ccc(O)cc1)(c1ccc(O)cc1)c1ccc([N+](=O)[O-])cc1. The summed E-state index contributed by atoms with van der Waals surface area (Å²) < 4.78 is 0. The average Bonchev–Trinajstić information content (AvgIpc) is 2.66. The number of phenolic OH excluding ortho intramolecular Hbond substituents is 2. The van der Waals surface area contributed by atoms with Crippen LogP contribution in [-0.4, -0.2) is 15.1 Å². The van der Waals surface area contributed by atoms with Gasteiger partial charge >= 0.3 is 0 Å². The van der Waals surface area contributed by atoms with Crippen molar-refractivity contribution >= 4 is 5.69 Å². The molecule has 0 fully saturated rings. The highest BCUT2D eigenvalue weighted by molar-refractivity contribution is 5.53. The number of nitro groups is 1. The first-order valence-electron chi connectivity index (χ1n) is 8.31. The van der Waals surface area contributed by atoms with Crippen molar-refractivity contribution in [3.63, 3.8) is 0 Å². The monoisotopic (exact) mass is 349 g/mol. The molecule has 3 rings (SSSR count). The molecule has 0 aliphatic carbocycles. The summed E-state index contributed by atoms with van der Waals surface area (Å²) in [7, 11) is 0. The van der Waals surface area contributed by atoms with Gasteiger partial charge in [0.1, 0.15) is 11.5 Å². The highest BCUT2D eigenvalue weighted by Crippen LogP contribution is 2.43. The Morgan fingerprint density at radius 1 is 0.769 bits per heavy atom. The third-order valence-corrected chi connectivity index (χ3v) is 4.82. The molecule has 3 aromatic rings. The maximum absolute atomic E-state index is 11.0. The topological polar surface area (TPSA) is 83.6 Å². The van der Waals surface area contributed by atoms with Gasteiger partial charge in [-0.15, -0.1) is 0 Å². The van der Waals surface area contributed by atoms with Crippen LogP contribution in [0.15, 0.2) is 72.8 Å². The highest BCUT2D eigenvalue weighted by atomic mass is 16.6. The molecule has 0 aromatic heterocycles. The summed E-state index contributed by atoms with van der Waals surface area (Å²) in [6, 6.07) is 20.5. The van der Waals surface area contributed by atoms with Gasteiger partial charge < -0.3 is 10.2 Å². The van der Waals surface area contributed by atoms with Crippen LogP contribution in [0.4, 0.5) is 5.69 Å². The normalized spacial score (nSPS) is 11.3. The lowest BCUT2D eigenvalue weighted by Crippen LogP contribution is -2.28. The first-order valence-corrected chi connectivity index (χ1v) is 8.31. The zero-order valence-corrected chi connectivity index (χ0v) is 14.3. The van der Waals surface area contributed by atoms with E-state index in [0.29, 0.717) is 6.42 Å². The van der Waals surface area contributed by atoms with E-state index in [4.69, 9.17) is 0 Å². The van der Waals surface area contributed by atoms with Gasteiger partial charge in [-0.05, 0) is 47.4 Å². The fourth-order valence-corrected chi connectivity index (χ4v) is 3.47. The first-order chi connectivity index (χ1) is 12.5. The molecule has 0 saturated carbocycles. The predicted molar refractivity (Wildman–Crippen MR) is 99.5 cm³/mol. The van der Waals surface area contributed by atoms with Crippen molar-refractivity contribution < 1.29 is 15.1 Å². The Balaban J connectivity index is 2.24. The molecule has 2 N–H and O–H groups in total. The van der Waals surface area contributed by atoms with Gasteiger partial charge in [0.15, 0.2) is 0 Å². The lowest BCUT2D eigenvalue weighted by atomic mass is 9.67. The minimum absolute atomic E-state index is 0.0372. The van der Waals surface area contributed by atoms with Crippen molar-refractivity contribution in [2.45, 2.75) is 18.8 Å². The Bertz CT molecular complexity index is 855. The van der Waals surface area contributed by atoms with Crippen molar-refractivity contribution in [1.82, 2.24) is 0 Å². The number of hydrogen-bond donors (Lipinski definition) is 2. The van der Waals surface area contributed by atoms with Crippen LogP contribution in [0, 0.1) is 10.1 Å². The van der Waals surface area contributed by atoms with Gasteiger partial charge in [0.25, 0.3) is 5.69 Å². The molecular formula is C21H19NO4. The van der Waals surface area contributed by atoms with Crippen LogP contribution >= 0.6 is 0 Å². The molecule has 0 bridgehead atoms. The third kappa shape index (κ3) is 2.99. The summed E-state index contributed by atoms with van der Waals surface area (Å²) in [6.07, 6.45) is 0.695. The van der Waals surface area contributed by atoms with Crippen LogP contribution in [0.2, 0.25) is 0 Å². The summed E-state index contributed by atoms with van der Waals surface area (Å²) in [4.78, 5) is 10.6. The molecule has 132 valence electrons. The predicted octanol–water partition coefficient (Wildman–Crippen LogP) is 4.75. The summed E-state index contributed by atoms with van der Waals surface area (Å²) in [5.74, 6) is 0.348. The molecule has 3 aromatic carbocycles. The molecule has 0 amide bonds. The number of benzene rings is 3. The summed E-state index contributed by atoms with van der Waals surface area (Å²) >= 11 is 0. The molecule has 0 aliphatic rings. The molecule has 0 unspecified atom stereocenters. The average molecular weight is 349 g/mol. The van der Waals surface area contributed by atoms with Crippen LogP contribution in [-0.2, 0) is 5.41 Å². The number of aromatic hydroxyl groups is 2. The Labute approximate surface area is 151 Å². The lowest BCUT2D eigenvalue weighted by Gasteiger charge is -2.35. The molecule has 0 heterocycles. The number of nitrogens with zero attached hydrogens (tertiary/aromatic N) is 1. The number of non-ortho nitro benzene ring substituents is 1. The van der Waals surface area contributed by atoms with Gasteiger partial charge in [-0.2, -0.15) is 0 Å². The number of nitro benzene ring substituents is 1. The molecule has 0 atom stereocenters. The molecule has 0 saturated heterocycles. The molecular weight excluding hydrogens is 330 g/mol. The second-order valence-electron chi connectivity index (χ2n) is 6.16. The number of hydrogen-bond acceptors (Lipinski definition) is 4. The number of rotatable bonds is 5. The summed E-state index contributed by atoms with van der Waals surface area (Å²) in [6.45, 7) is 2.04. The maximum atomic E-state index is 11.0. The van der Waals surface area contributed by atoms with Gasteiger partial charge in [0.2, 0.25) is 0 Å². The van der Waals surface area contributed by atoms with E-state index in [1.165, 1.54) is 12.1 Å².